The Bertz CT molecular complexity index is 760. The van der Waals surface area contributed by atoms with Crippen molar-refractivity contribution in [3.05, 3.63) is 41.9 Å². The van der Waals surface area contributed by atoms with E-state index in [1.165, 1.54) is 0 Å². The molecule has 0 radical (unpaired) electrons. The molecule has 7 nitrogen and oxygen atoms in total. The number of hydrogen-bond donors (Lipinski definition) is 2. The van der Waals surface area contributed by atoms with E-state index >= 15 is 0 Å². The number of oxazole rings is 1. The van der Waals surface area contributed by atoms with Gasteiger partial charge in [0.25, 0.3) is 0 Å². The maximum Gasteiger partial charge on any atom is 0.331 e. The van der Waals surface area contributed by atoms with Gasteiger partial charge in [0, 0.05) is 31.4 Å². The number of aromatic nitrogens is 1. The molecule has 3 rings (SSSR count). The van der Waals surface area contributed by atoms with Crippen LogP contribution < -0.4 is 5.32 Å². The van der Waals surface area contributed by atoms with Crippen molar-refractivity contribution in [1.82, 2.24) is 10.3 Å². The van der Waals surface area contributed by atoms with Crippen molar-refractivity contribution in [1.29, 1.82) is 0 Å². The van der Waals surface area contributed by atoms with E-state index in [-0.39, 0.29) is 25.4 Å². The molecule has 0 saturated carbocycles. The second-order valence-electron chi connectivity index (χ2n) is 6.22. The van der Waals surface area contributed by atoms with Gasteiger partial charge in [0.1, 0.15) is 0 Å². The van der Waals surface area contributed by atoms with Gasteiger partial charge in [-0.3, -0.25) is 4.79 Å². The lowest BCUT2D eigenvalue weighted by molar-refractivity contribution is -0.147. The summed E-state index contributed by atoms with van der Waals surface area (Å²) in [7, 11) is 0. The van der Waals surface area contributed by atoms with E-state index in [0.29, 0.717) is 24.7 Å². The number of carbonyl (C=O) groups excluding carboxylic acids is 1. The molecule has 1 unspecified atom stereocenters. The van der Waals surface area contributed by atoms with Crippen LogP contribution in [-0.4, -0.2) is 40.7 Å². The predicted octanol–water partition coefficient (Wildman–Crippen LogP) is 1.94. The molecule has 25 heavy (non-hydrogen) atoms. The molecule has 2 aromatic rings. The van der Waals surface area contributed by atoms with E-state index in [9.17, 15) is 14.7 Å². The maximum atomic E-state index is 12.1. The first kappa shape index (κ1) is 17.2. The molecule has 132 valence electrons. The SMILES string of the molecule is Cc1ccc(-c2cnc(CCC(=O)NC3(C(=O)O)CCOC3)o2)cc1. The quantitative estimate of drug-likeness (QED) is 0.830. The van der Waals surface area contributed by atoms with E-state index in [1.807, 2.05) is 31.2 Å². The maximum absolute atomic E-state index is 12.1. The number of ether oxygens (including phenoxy) is 1. The summed E-state index contributed by atoms with van der Waals surface area (Å²) in [4.78, 5) is 27.7. The van der Waals surface area contributed by atoms with Gasteiger partial charge in [0.15, 0.2) is 17.2 Å². The van der Waals surface area contributed by atoms with Crippen molar-refractivity contribution in [2.45, 2.75) is 31.7 Å². The Morgan fingerprint density at radius 1 is 1.32 bits per heavy atom. The molecule has 2 N–H and O–H groups in total. The van der Waals surface area contributed by atoms with Gasteiger partial charge < -0.3 is 19.6 Å². The van der Waals surface area contributed by atoms with Gasteiger partial charge in [-0.1, -0.05) is 29.8 Å². The average molecular weight is 344 g/mol. The molecule has 1 aromatic carbocycles. The van der Waals surface area contributed by atoms with Crippen molar-refractivity contribution in [2.75, 3.05) is 13.2 Å². The summed E-state index contributed by atoms with van der Waals surface area (Å²) in [5.74, 6) is -0.349. The zero-order valence-electron chi connectivity index (χ0n) is 13.9. The number of hydrogen-bond acceptors (Lipinski definition) is 5. The number of carboxylic acid groups (broad SMARTS) is 1. The number of carbonyl (C=O) groups is 2. The van der Waals surface area contributed by atoms with Gasteiger partial charge in [-0.15, -0.1) is 0 Å². The number of aliphatic carboxylic acids is 1. The molecule has 1 fully saturated rings. The molecule has 1 aliphatic rings. The minimum Gasteiger partial charge on any atom is -0.479 e. The van der Waals surface area contributed by atoms with Crippen LogP contribution in [-0.2, 0) is 20.7 Å². The van der Waals surface area contributed by atoms with Crippen LogP contribution >= 0.6 is 0 Å². The standard InChI is InChI=1S/C18H20N2O5/c1-12-2-4-13(5-3-12)14-10-19-16(25-14)7-6-15(21)20-18(17(22)23)8-9-24-11-18/h2-5,10H,6-9,11H2,1H3,(H,20,21)(H,22,23). The molecular weight excluding hydrogens is 324 g/mol. The van der Waals surface area contributed by atoms with Crippen LogP contribution in [0, 0.1) is 6.92 Å². The smallest absolute Gasteiger partial charge is 0.331 e. The highest BCUT2D eigenvalue weighted by molar-refractivity contribution is 5.87. The summed E-state index contributed by atoms with van der Waals surface area (Å²) in [5.41, 5.74) is 0.755. The Hall–Kier alpha value is -2.67. The van der Waals surface area contributed by atoms with Crippen LogP contribution in [0.15, 0.2) is 34.9 Å². The van der Waals surface area contributed by atoms with Crippen LogP contribution in [0.2, 0.25) is 0 Å². The van der Waals surface area contributed by atoms with E-state index in [0.717, 1.165) is 11.1 Å². The molecular formula is C18H20N2O5. The van der Waals surface area contributed by atoms with Gasteiger partial charge in [0.2, 0.25) is 5.91 Å². The second-order valence-corrected chi connectivity index (χ2v) is 6.22. The number of aryl methyl sites for hydroxylation is 2. The van der Waals surface area contributed by atoms with E-state index in [1.54, 1.807) is 6.20 Å². The lowest BCUT2D eigenvalue weighted by Crippen LogP contribution is -2.55. The van der Waals surface area contributed by atoms with Gasteiger partial charge in [-0.2, -0.15) is 0 Å². The highest BCUT2D eigenvalue weighted by Crippen LogP contribution is 2.22. The summed E-state index contributed by atoms with van der Waals surface area (Å²) >= 11 is 0. The monoisotopic (exact) mass is 344 g/mol. The lowest BCUT2D eigenvalue weighted by atomic mass is 9.98. The number of benzene rings is 1. The fourth-order valence-electron chi connectivity index (χ4n) is 2.71. The van der Waals surface area contributed by atoms with E-state index in [2.05, 4.69) is 10.3 Å². The Morgan fingerprint density at radius 2 is 2.08 bits per heavy atom. The number of nitrogens with one attached hydrogen (secondary N) is 1. The first-order valence-electron chi connectivity index (χ1n) is 8.12. The van der Waals surface area contributed by atoms with Gasteiger partial charge >= 0.3 is 5.97 Å². The summed E-state index contributed by atoms with van der Waals surface area (Å²) in [6.07, 6.45) is 2.29. The van der Waals surface area contributed by atoms with Gasteiger partial charge in [0.05, 0.1) is 12.8 Å². The molecule has 0 aliphatic carbocycles. The van der Waals surface area contributed by atoms with E-state index < -0.39 is 11.5 Å². The molecule has 7 heteroatoms. The number of carboxylic acids is 1. The van der Waals surface area contributed by atoms with Crippen LogP contribution in [0.25, 0.3) is 11.3 Å². The first-order chi connectivity index (χ1) is 12.0. The van der Waals surface area contributed by atoms with Crippen molar-refractivity contribution in [2.24, 2.45) is 0 Å². The Morgan fingerprint density at radius 3 is 2.72 bits per heavy atom. The highest BCUT2D eigenvalue weighted by atomic mass is 16.5. The van der Waals surface area contributed by atoms with Crippen LogP contribution in [0.4, 0.5) is 0 Å². The number of amides is 1. The zero-order valence-corrected chi connectivity index (χ0v) is 13.9. The van der Waals surface area contributed by atoms with Crippen molar-refractivity contribution < 1.29 is 23.8 Å². The largest absolute Gasteiger partial charge is 0.479 e. The Kier molecular flexibility index (Phi) is 4.85. The third-order valence-electron chi connectivity index (χ3n) is 4.27. The summed E-state index contributed by atoms with van der Waals surface area (Å²) < 4.78 is 10.8. The molecule has 0 spiro atoms. The molecule has 1 aromatic heterocycles. The van der Waals surface area contributed by atoms with Gasteiger partial charge in [-0.25, -0.2) is 9.78 Å². The van der Waals surface area contributed by atoms with Gasteiger partial charge in [-0.05, 0) is 6.92 Å². The number of nitrogens with zero attached hydrogens (tertiary/aromatic N) is 1. The third-order valence-corrected chi connectivity index (χ3v) is 4.27. The van der Waals surface area contributed by atoms with Crippen LogP contribution in [0.3, 0.4) is 0 Å². The third kappa shape index (κ3) is 3.88. The molecule has 1 saturated heterocycles. The Balaban J connectivity index is 1.57. The fourth-order valence-corrected chi connectivity index (χ4v) is 2.71. The summed E-state index contributed by atoms with van der Waals surface area (Å²) in [5, 5.41) is 11.9. The molecule has 0 bridgehead atoms. The van der Waals surface area contributed by atoms with Crippen LogP contribution in [0.5, 0.6) is 0 Å². The molecule has 1 amide bonds. The predicted molar refractivity (Wildman–Crippen MR) is 88.9 cm³/mol. The summed E-state index contributed by atoms with van der Waals surface area (Å²) in [6, 6.07) is 7.87. The normalized spacial score (nSPS) is 19.7. The topological polar surface area (TPSA) is 102 Å². The minimum absolute atomic E-state index is 0.00928. The second kappa shape index (κ2) is 7.06. The average Bonchev–Trinajstić information content (AvgIpc) is 3.24. The lowest BCUT2D eigenvalue weighted by Gasteiger charge is -2.23. The zero-order chi connectivity index (χ0) is 17.9. The Labute approximate surface area is 145 Å². The molecule has 1 atom stereocenters. The van der Waals surface area contributed by atoms with Crippen LogP contribution in [0.1, 0.15) is 24.3 Å². The summed E-state index contributed by atoms with van der Waals surface area (Å²) in [6.45, 7) is 2.32. The van der Waals surface area contributed by atoms with Crippen molar-refractivity contribution >= 4 is 11.9 Å². The van der Waals surface area contributed by atoms with Crippen molar-refractivity contribution in [3.63, 3.8) is 0 Å². The molecule has 2 heterocycles. The first-order valence-corrected chi connectivity index (χ1v) is 8.12. The minimum atomic E-state index is -1.32. The van der Waals surface area contributed by atoms with E-state index in [4.69, 9.17) is 9.15 Å². The highest BCUT2D eigenvalue weighted by Gasteiger charge is 2.43. The van der Waals surface area contributed by atoms with Crippen molar-refractivity contribution in [3.8, 4) is 11.3 Å². The fraction of sp³-hybridized carbons (Fsp3) is 0.389. The molecule has 1 aliphatic heterocycles. The number of rotatable bonds is 6.